The van der Waals surface area contributed by atoms with Crippen LogP contribution in [0.3, 0.4) is 0 Å². The number of carbonyl (C=O) groups excluding carboxylic acids is 2. The van der Waals surface area contributed by atoms with Crippen molar-refractivity contribution < 1.29 is 19.4 Å². The first-order chi connectivity index (χ1) is 11.4. The van der Waals surface area contributed by atoms with Crippen LogP contribution in [0.1, 0.15) is 78.1 Å². The third-order valence-corrected chi connectivity index (χ3v) is 4.50. The Hall–Kier alpha value is -1.61. The van der Waals surface area contributed by atoms with E-state index < -0.39 is 29.6 Å². The smallest absolute Gasteiger partial charge is 0.309 e. The number of carbonyl (C=O) groups is 2. The number of rotatable bonds is 9. The minimum atomic E-state index is -0.965. The lowest BCUT2D eigenvalue weighted by molar-refractivity contribution is -0.157. The summed E-state index contributed by atoms with van der Waals surface area (Å²) in [5, 5.41) is 21.9. The number of hydrogen-bond donors (Lipinski definition) is 2. The summed E-state index contributed by atoms with van der Waals surface area (Å²) >= 11 is 0. The van der Waals surface area contributed by atoms with Gasteiger partial charge in [-0.1, -0.05) is 45.4 Å². The molecule has 0 aromatic rings. The van der Waals surface area contributed by atoms with Gasteiger partial charge in [-0.05, 0) is 26.2 Å². The van der Waals surface area contributed by atoms with Gasteiger partial charge in [-0.3, -0.25) is 9.59 Å². The van der Waals surface area contributed by atoms with Crippen LogP contribution in [0.4, 0.5) is 0 Å². The Morgan fingerprint density at radius 2 is 1.96 bits per heavy atom. The first-order valence-electron chi connectivity index (χ1n) is 9.03. The lowest BCUT2D eigenvalue weighted by Crippen LogP contribution is -2.52. The number of nitriles is 1. The van der Waals surface area contributed by atoms with Gasteiger partial charge < -0.3 is 15.2 Å². The summed E-state index contributed by atoms with van der Waals surface area (Å²) in [6.45, 7) is 3.56. The second-order valence-corrected chi connectivity index (χ2v) is 6.73. The third-order valence-electron chi connectivity index (χ3n) is 4.50. The van der Waals surface area contributed by atoms with Gasteiger partial charge in [-0.2, -0.15) is 5.26 Å². The summed E-state index contributed by atoms with van der Waals surface area (Å²) in [5.74, 6) is -1.04. The van der Waals surface area contributed by atoms with E-state index in [2.05, 4.69) is 18.3 Å². The van der Waals surface area contributed by atoms with E-state index in [4.69, 9.17) is 4.74 Å². The molecule has 136 valence electrons. The quantitative estimate of drug-likeness (QED) is 0.497. The largest absolute Gasteiger partial charge is 0.452 e. The molecule has 1 aliphatic carbocycles. The number of hydrogen-bond acceptors (Lipinski definition) is 5. The molecule has 1 aliphatic rings. The molecular formula is C18H30N2O4. The molecule has 2 atom stereocenters. The van der Waals surface area contributed by atoms with Gasteiger partial charge in [0.25, 0.3) is 5.91 Å². The molecule has 1 rings (SSSR count). The lowest BCUT2D eigenvalue weighted by atomic mass is 9.83. The third kappa shape index (κ3) is 6.88. The van der Waals surface area contributed by atoms with Crippen molar-refractivity contribution in [2.45, 2.75) is 95.8 Å². The van der Waals surface area contributed by atoms with Crippen LogP contribution in [0, 0.1) is 11.3 Å². The standard InChI is InChI=1S/C18H30N2O4/c1-3-4-6-9-15(21)12-16(22)24-14(2)17(23)20-18(13-19)10-7-5-8-11-18/h14-15,21H,3-12H2,1-2H3,(H,20,23)/t14-,15+/m1/s1. The van der Waals surface area contributed by atoms with E-state index in [1.807, 2.05) is 0 Å². The van der Waals surface area contributed by atoms with E-state index in [0.29, 0.717) is 19.3 Å². The SMILES string of the molecule is CCCCC[C@H](O)CC(=O)O[C@H](C)C(=O)NC1(C#N)CCCCC1. The van der Waals surface area contributed by atoms with Crippen molar-refractivity contribution in [3.05, 3.63) is 0 Å². The zero-order valence-electron chi connectivity index (χ0n) is 14.8. The summed E-state index contributed by atoms with van der Waals surface area (Å²) in [7, 11) is 0. The van der Waals surface area contributed by atoms with E-state index in [0.717, 1.165) is 38.5 Å². The molecule has 1 amide bonds. The Bertz CT molecular complexity index is 452. The first-order valence-corrected chi connectivity index (χ1v) is 9.03. The predicted molar refractivity (Wildman–Crippen MR) is 89.9 cm³/mol. The predicted octanol–water partition coefficient (Wildman–Crippen LogP) is 2.59. The van der Waals surface area contributed by atoms with Crippen molar-refractivity contribution in [2.75, 3.05) is 0 Å². The zero-order valence-corrected chi connectivity index (χ0v) is 14.8. The van der Waals surface area contributed by atoms with Crippen molar-refractivity contribution in [1.82, 2.24) is 5.32 Å². The van der Waals surface area contributed by atoms with Gasteiger partial charge in [-0.25, -0.2) is 0 Å². The summed E-state index contributed by atoms with van der Waals surface area (Å²) in [6, 6.07) is 2.20. The highest BCUT2D eigenvalue weighted by molar-refractivity contribution is 5.84. The number of aliphatic hydroxyl groups is 1. The van der Waals surface area contributed by atoms with Crippen LogP contribution in [-0.4, -0.2) is 34.7 Å². The van der Waals surface area contributed by atoms with Gasteiger partial charge in [0, 0.05) is 0 Å². The van der Waals surface area contributed by atoms with Gasteiger partial charge in [0.15, 0.2) is 6.10 Å². The average molecular weight is 338 g/mol. The zero-order chi connectivity index (χ0) is 18.0. The topological polar surface area (TPSA) is 99.4 Å². The monoisotopic (exact) mass is 338 g/mol. The molecule has 6 heteroatoms. The molecule has 2 N–H and O–H groups in total. The highest BCUT2D eigenvalue weighted by atomic mass is 16.5. The van der Waals surface area contributed by atoms with Crippen LogP contribution in [0.25, 0.3) is 0 Å². The molecule has 0 heterocycles. The van der Waals surface area contributed by atoms with E-state index >= 15 is 0 Å². The molecule has 0 aromatic carbocycles. The van der Waals surface area contributed by atoms with Crippen LogP contribution >= 0.6 is 0 Å². The normalized spacial score (nSPS) is 18.9. The first kappa shape index (κ1) is 20.4. The molecule has 0 unspecified atom stereocenters. The number of ether oxygens (including phenoxy) is 1. The van der Waals surface area contributed by atoms with Gasteiger partial charge in [0.1, 0.15) is 5.54 Å². The fraction of sp³-hybridized carbons (Fsp3) is 0.833. The van der Waals surface area contributed by atoms with Crippen LogP contribution in [0.2, 0.25) is 0 Å². The lowest BCUT2D eigenvalue weighted by Gasteiger charge is -2.32. The Balaban J connectivity index is 2.40. The molecule has 24 heavy (non-hydrogen) atoms. The molecule has 0 aliphatic heterocycles. The van der Waals surface area contributed by atoms with E-state index in [1.165, 1.54) is 6.92 Å². The minimum Gasteiger partial charge on any atom is -0.452 e. The minimum absolute atomic E-state index is 0.106. The summed E-state index contributed by atoms with van der Waals surface area (Å²) < 4.78 is 5.10. The number of esters is 1. The maximum Gasteiger partial charge on any atom is 0.309 e. The summed E-state index contributed by atoms with van der Waals surface area (Å²) in [6.07, 6.45) is 5.83. The maximum atomic E-state index is 12.2. The van der Waals surface area contributed by atoms with Crippen LogP contribution < -0.4 is 5.32 Å². The molecule has 1 saturated carbocycles. The molecule has 0 spiro atoms. The highest BCUT2D eigenvalue weighted by Crippen LogP contribution is 2.27. The Kier molecular flexibility index (Phi) is 8.77. The van der Waals surface area contributed by atoms with Crippen molar-refractivity contribution in [2.24, 2.45) is 0 Å². The molecule has 0 saturated heterocycles. The van der Waals surface area contributed by atoms with Crippen LogP contribution in [0.15, 0.2) is 0 Å². The van der Waals surface area contributed by atoms with Gasteiger partial charge in [0.05, 0.1) is 18.6 Å². The number of unbranched alkanes of at least 4 members (excludes halogenated alkanes) is 2. The molecule has 0 radical (unpaired) electrons. The second kappa shape index (κ2) is 10.3. The Morgan fingerprint density at radius 3 is 2.54 bits per heavy atom. The summed E-state index contributed by atoms with van der Waals surface area (Å²) in [4.78, 5) is 24.0. The molecule has 6 nitrogen and oxygen atoms in total. The molecule has 1 fully saturated rings. The number of amides is 1. The van der Waals surface area contributed by atoms with Gasteiger partial charge in [0.2, 0.25) is 0 Å². The second-order valence-electron chi connectivity index (χ2n) is 6.73. The number of nitrogens with zero attached hydrogens (tertiary/aromatic N) is 1. The van der Waals surface area contributed by atoms with Gasteiger partial charge in [-0.15, -0.1) is 0 Å². The van der Waals surface area contributed by atoms with Crippen molar-refractivity contribution in [1.29, 1.82) is 5.26 Å². The fourth-order valence-corrected chi connectivity index (χ4v) is 2.98. The Labute approximate surface area is 144 Å². The van der Waals surface area contributed by atoms with Crippen molar-refractivity contribution in [3.63, 3.8) is 0 Å². The summed E-state index contributed by atoms with van der Waals surface area (Å²) in [5.41, 5.74) is -0.838. The fourth-order valence-electron chi connectivity index (χ4n) is 2.98. The van der Waals surface area contributed by atoms with E-state index in [9.17, 15) is 20.0 Å². The number of aliphatic hydroxyl groups excluding tert-OH is 1. The van der Waals surface area contributed by atoms with Crippen molar-refractivity contribution >= 4 is 11.9 Å². The Morgan fingerprint density at radius 1 is 1.29 bits per heavy atom. The van der Waals surface area contributed by atoms with E-state index in [-0.39, 0.29) is 6.42 Å². The maximum absolute atomic E-state index is 12.2. The average Bonchev–Trinajstić information content (AvgIpc) is 2.55. The highest BCUT2D eigenvalue weighted by Gasteiger charge is 2.35. The molecular weight excluding hydrogens is 308 g/mol. The van der Waals surface area contributed by atoms with Crippen LogP contribution in [0.5, 0.6) is 0 Å². The van der Waals surface area contributed by atoms with Crippen molar-refractivity contribution in [3.8, 4) is 6.07 Å². The van der Waals surface area contributed by atoms with E-state index in [1.54, 1.807) is 0 Å². The van der Waals surface area contributed by atoms with Crippen LogP contribution in [-0.2, 0) is 14.3 Å². The number of nitrogens with one attached hydrogen (secondary N) is 1. The molecule has 0 bridgehead atoms. The molecule has 0 aromatic heterocycles. The van der Waals surface area contributed by atoms with Gasteiger partial charge >= 0.3 is 5.97 Å².